The van der Waals surface area contributed by atoms with Gasteiger partial charge < -0.3 is 10.2 Å². The second-order valence-corrected chi connectivity index (χ2v) is 4.90. The summed E-state index contributed by atoms with van der Waals surface area (Å²) in [6.07, 6.45) is 5.43. The van der Waals surface area contributed by atoms with Gasteiger partial charge in [0.2, 0.25) is 11.8 Å². The van der Waals surface area contributed by atoms with Crippen molar-refractivity contribution in [1.29, 1.82) is 0 Å². The lowest BCUT2D eigenvalue weighted by atomic mass is 9.83. The van der Waals surface area contributed by atoms with Crippen molar-refractivity contribution < 1.29 is 9.59 Å². The molecule has 1 N–H and O–H groups in total. The molecular formula is C12H21ClN2O2. The number of nitrogens with zero attached hydrogens (tertiary/aromatic N) is 1. The fourth-order valence-electron chi connectivity index (χ4n) is 1.83. The zero-order valence-electron chi connectivity index (χ0n) is 10.4. The van der Waals surface area contributed by atoms with Gasteiger partial charge in [-0.2, -0.15) is 0 Å². The summed E-state index contributed by atoms with van der Waals surface area (Å²) in [4.78, 5) is 24.3. The predicted molar refractivity (Wildman–Crippen MR) is 67.9 cm³/mol. The van der Waals surface area contributed by atoms with Gasteiger partial charge in [-0.15, -0.1) is 11.6 Å². The smallest absolute Gasteiger partial charge is 0.234 e. The topological polar surface area (TPSA) is 49.4 Å². The van der Waals surface area contributed by atoms with E-state index in [1.165, 1.54) is 19.3 Å². The molecule has 98 valence electrons. The fourth-order valence-corrected chi connectivity index (χ4v) is 1.92. The van der Waals surface area contributed by atoms with Crippen molar-refractivity contribution in [2.45, 2.75) is 32.1 Å². The quantitative estimate of drug-likeness (QED) is 0.703. The van der Waals surface area contributed by atoms with E-state index in [9.17, 15) is 9.59 Å². The lowest BCUT2D eigenvalue weighted by Crippen LogP contribution is -2.34. The van der Waals surface area contributed by atoms with E-state index in [-0.39, 0.29) is 17.7 Å². The Morgan fingerprint density at radius 1 is 1.41 bits per heavy atom. The molecule has 0 aromatic heterocycles. The number of carbonyl (C=O) groups excluding carboxylic acids is 2. The molecule has 0 aliphatic heterocycles. The van der Waals surface area contributed by atoms with Crippen LogP contribution in [0.5, 0.6) is 0 Å². The molecule has 1 rings (SSSR count). The molecule has 0 saturated heterocycles. The number of carbonyl (C=O) groups is 2. The highest BCUT2D eigenvalue weighted by molar-refractivity contribution is 6.27. The molecule has 5 heteroatoms. The van der Waals surface area contributed by atoms with Crippen LogP contribution in [0.3, 0.4) is 0 Å². The predicted octanol–water partition coefficient (Wildman–Crippen LogP) is 1.38. The van der Waals surface area contributed by atoms with E-state index in [2.05, 4.69) is 5.32 Å². The minimum atomic E-state index is -0.225. The maximum Gasteiger partial charge on any atom is 0.234 e. The van der Waals surface area contributed by atoms with Crippen LogP contribution in [0.25, 0.3) is 0 Å². The molecule has 0 aromatic carbocycles. The van der Waals surface area contributed by atoms with Crippen LogP contribution in [-0.2, 0) is 9.59 Å². The maximum atomic E-state index is 11.7. The molecular weight excluding hydrogens is 240 g/mol. The number of hydrogen-bond acceptors (Lipinski definition) is 2. The van der Waals surface area contributed by atoms with Crippen molar-refractivity contribution in [2.24, 2.45) is 5.92 Å². The molecule has 2 amide bonds. The fraction of sp³-hybridized carbons (Fsp3) is 0.833. The summed E-state index contributed by atoms with van der Waals surface area (Å²) < 4.78 is 0. The van der Waals surface area contributed by atoms with E-state index in [1.54, 1.807) is 4.90 Å². The third-order valence-electron chi connectivity index (χ3n) is 3.31. The molecule has 0 radical (unpaired) electrons. The second kappa shape index (κ2) is 7.54. The van der Waals surface area contributed by atoms with Crippen LogP contribution >= 0.6 is 11.6 Å². The van der Waals surface area contributed by atoms with Gasteiger partial charge in [0.05, 0.1) is 0 Å². The summed E-state index contributed by atoms with van der Waals surface area (Å²) in [6.45, 7) is 1.20. The highest BCUT2D eigenvalue weighted by Crippen LogP contribution is 2.29. The van der Waals surface area contributed by atoms with Crippen LogP contribution in [0.2, 0.25) is 0 Å². The molecule has 4 nitrogen and oxygen atoms in total. The second-order valence-electron chi connectivity index (χ2n) is 4.63. The van der Waals surface area contributed by atoms with E-state index in [4.69, 9.17) is 11.6 Å². The molecule has 0 aromatic rings. The molecule has 1 fully saturated rings. The number of alkyl halides is 1. The van der Waals surface area contributed by atoms with Gasteiger partial charge in [0, 0.05) is 26.6 Å². The summed E-state index contributed by atoms with van der Waals surface area (Å²) in [7, 11) is 1.82. The van der Waals surface area contributed by atoms with Gasteiger partial charge in [0.25, 0.3) is 0 Å². The molecule has 0 bridgehead atoms. The van der Waals surface area contributed by atoms with Crippen molar-refractivity contribution in [2.75, 3.05) is 26.0 Å². The van der Waals surface area contributed by atoms with Crippen molar-refractivity contribution in [3.63, 3.8) is 0 Å². The number of amides is 2. The third-order valence-corrected chi connectivity index (χ3v) is 3.55. The van der Waals surface area contributed by atoms with E-state index >= 15 is 0 Å². The van der Waals surface area contributed by atoms with Gasteiger partial charge >= 0.3 is 0 Å². The molecule has 1 aliphatic carbocycles. The van der Waals surface area contributed by atoms with Crippen LogP contribution in [-0.4, -0.2) is 42.7 Å². The molecule has 0 unspecified atom stereocenters. The van der Waals surface area contributed by atoms with Gasteiger partial charge in [0.1, 0.15) is 5.88 Å². The van der Waals surface area contributed by atoms with Gasteiger partial charge in [-0.1, -0.05) is 19.3 Å². The highest BCUT2D eigenvalue weighted by Gasteiger charge is 2.18. The van der Waals surface area contributed by atoms with Crippen molar-refractivity contribution >= 4 is 23.4 Å². The Morgan fingerprint density at radius 3 is 2.65 bits per heavy atom. The van der Waals surface area contributed by atoms with Crippen molar-refractivity contribution in [3.05, 3.63) is 0 Å². The van der Waals surface area contributed by atoms with E-state index in [0.29, 0.717) is 13.0 Å². The summed E-state index contributed by atoms with van der Waals surface area (Å²) in [5.41, 5.74) is 0. The van der Waals surface area contributed by atoms with E-state index in [1.807, 2.05) is 7.05 Å². The van der Waals surface area contributed by atoms with Crippen molar-refractivity contribution in [3.8, 4) is 0 Å². The molecule has 1 saturated carbocycles. The van der Waals surface area contributed by atoms with Crippen LogP contribution in [0, 0.1) is 5.92 Å². The number of hydrogen-bond donors (Lipinski definition) is 1. The highest BCUT2D eigenvalue weighted by atomic mass is 35.5. The summed E-state index contributed by atoms with van der Waals surface area (Å²) in [5, 5.41) is 2.59. The Hall–Kier alpha value is -0.770. The first-order chi connectivity index (χ1) is 8.13. The molecule has 0 spiro atoms. The van der Waals surface area contributed by atoms with Gasteiger partial charge in [0.15, 0.2) is 0 Å². The minimum absolute atomic E-state index is 0.0499. The Bertz CT molecular complexity index is 267. The number of halogens is 1. The molecule has 0 atom stereocenters. The zero-order valence-corrected chi connectivity index (χ0v) is 11.1. The number of nitrogens with one attached hydrogen (secondary N) is 1. The minimum Gasteiger partial charge on any atom is -0.355 e. The normalized spacial score (nSPS) is 15.2. The average Bonchev–Trinajstić information content (AvgIpc) is 2.26. The van der Waals surface area contributed by atoms with E-state index in [0.717, 1.165) is 18.9 Å². The molecule has 0 heterocycles. The first kappa shape index (κ1) is 14.3. The maximum absolute atomic E-state index is 11.7. The first-order valence-corrected chi connectivity index (χ1v) is 6.73. The standard InChI is InChI=1S/C12H21ClN2O2/c1-15(8-6-10-3-2-4-10)12(17)5-7-14-11(16)9-13/h10H,2-9H2,1H3,(H,14,16). The third kappa shape index (κ3) is 5.39. The van der Waals surface area contributed by atoms with Crippen LogP contribution in [0.4, 0.5) is 0 Å². The van der Waals surface area contributed by atoms with Crippen LogP contribution < -0.4 is 5.32 Å². The Balaban J connectivity index is 2.06. The molecule has 1 aliphatic rings. The van der Waals surface area contributed by atoms with Crippen LogP contribution in [0.1, 0.15) is 32.1 Å². The Kier molecular flexibility index (Phi) is 6.34. The Morgan fingerprint density at radius 2 is 2.12 bits per heavy atom. The summed E-state index contributed by atoms with van der Waals surface area (Å²) in [6, 6.07) is 0. The van der Waals surface area contributed by atoms with Gasteiger partial charge in [-0.3, -0.25) is 9.59 Å². The number of rotatable bonds is 7. The Labute approximate surface area is 108 Å². The summed E-state index contributed by atoms with van der Waals surface area (Å²) >= 11 is 5.33. The monoisotopic (exact) mass is 260 g/mol. The average molecular weight is 261 g/mol. The lowest BCUT2D eigenvalue weighted by Gasteiger charge is -2.27. The van der Waals surface area contributed by atoms with Crippen molar-refractivity contribution in [1.82, 2.24) is 10.2 Å². The first-order valence-electron chi connectivity index (χ1n) is 6.20. The summed E-state index contributed by atoms with van der Waals surface area (Å²) in [5.74, 6) is 0.628. The van der Waals surface area contributed by atoms with Gasteiger partial charge in [-0.25, -0.2) is 0 Å². The SMILES string of the molecule is CN(CCC1CCC1)C(=O)CCNC(=O)CCl. The molecule has 17 heavy (non-hydrogen) atoms. The lowest BCUT2D eigenvalue weighted by molar-refractivity contribution is -0.130. The largest absolute Gasteiger partial charge is 0.355 e. The zero-order chi connectivity index (χ0) is 12.7. The van der Waals surface area contributed by atoms with Crippen LogP contribution in [0.15, 0.2) is 0 Å². The van der Waals surface area contributed by atoms with E-state index < -0.39 is 0 Å². The van der Waals surface area contributed by atoms with Gasteiger partial charge in [-0.05, 0) is 12.3 Å².